The van der Waals surface area contributed by atoms with Crippen molar-refractivity contribution in [2.24, 2.45) is 0 Å². The van der Waals surface area contributed by atoms with Crippen molar-refractivity contribution in [1.29, 1.82) is 0 Å². The molecule has 0 atom stereocenters. The lowest BCUT2D eigenvalue weighted by Gasteiger charge is -1.86. The van der Waals surface area contributed by atoms with Crippen molar-refractivity contribution in [1.82, 2.24) is 0 Å². The fourth-order valence-corrected chi connectivity index (χ4v) is 0.615. The summed E-state index contributed by atoms with van der Waals surface area (Å²) < 4.78 is 0. The first-order chi connectivity index (χ1) is 4.81. The van der Waals surface area contributed by atoms with Crippen molar-refractivity contribution in [3.8, 4) is 12.3 Å². The molecule has 0 saturated carbocycles. The van der Waals surface area contributed by atoms with Crippen LogP contribution in [0.2, 0.25) is 0 Å². The third-order valence-electron chi connectivity index (χ3n) is 1.15. The fraction of sp³-hybridized carbons (Fsp3) is 0.400. The maximum atomic E-state index is 5.07. The van der Waals surface area contributed by atoms with E-state index in [1.54, 1.807) is 6.08 Å². The van der Waals surface area contributed by atoms with Crippen LogP contribution < -0.4 is 0 Å². The van der Waals surface area contributed by atoms with Gasteiger partial charge in [-0.2, -0.15) is 0 Å². The van der Waals surface area contributed by atoms with Crippen LogP contribution in [-0.4, -0.2) is 0 Å². The summed E-state index contributed by atoms with van der Waals surface area (Å²) in [6, 6.07) is 0. The van der Waals surface area contributed by atoms with Crippen LogP contribution in [0.3, 0.4) is 0 Å². The van der Waals surface area contributed by atoms with Gasteiger partial charge in [0.05, 0.1) is 0 Å². The normalized spacial score (nSPS) is 11.9. The molecule has 0 bridgehead atoms. The predicted octanol–water partition coefficient (Wildman–Crippen LogP) is 2.92. The van der Waals surface area contributed by atoms with E-state index in [-0.39, 0.29) is 0 Å². The van der Waals surface area contributed by atoms with Gasteiger partial charge >= 0.3 is 0 Å². The summed E-state index contributed by atoms with van der Waals surface area (Å²) in [6.45, 7) is 4.16. The number of hydrogen-bond donors (Lipinski definition) is 0. The second kappa shape index (κ2) is 6.16. The zero-order chi connectivity index (χ0) is 7.82. The summed E-state index contributed by atoms with van der Waals surface area (Å²) in [5.41, 5.74) is 1.15. The molecule has 10 heavy (non-hydrogen) atoms. The monoisotopic (exact) mass is 134 g/mol. The topological polar surface area (TPSA) is 0 Å². The van der Waals surface area contributed by atoms with Gasteiger partial charge < -0.3 is 0 Å². The summed E-state index contributed by atoms with van der Waals surface area (Å²) in [5.74, 6) is 2.48. The van der Waals surface area contributed by atoms with E-state index in [2.05, 4.69) is 25.0 Å². The van der Waals surface area contributed by atoms with E-state index in [0.717, 1.165) is 12.0 Å². The molecule has 0 spiro atoms. The minimum Gasteiger partial charge on any atom is -0.115 e. The Morgan fingerprint density at radius 2 is 2.30 bits per heavy atom. The van der Waals surface area contributed by atoms with Crippen molar-refractivity contribution in [2.75, 3.05) is 0 Å². The minimum absolute atomic E-state index is 1.13. The highest BCUT2D eigenvalue weighted by molar-refractivity contribution is 5.24. The van der Waals surface area contributed by atoms with Gasteiger partial charge in [0.1, 0.15) is 0 Å². The Hall–Kier alpha value is -0.960. The first-order valence-corrected chi connectivity index (χ1v) is 3.60. The molecule has 0 amide bonds. The zero-order valence-corrected chi connectivity index (χ0v) is 6.72. The zero-order valence-electron chi connectivity index (χ0n) is 6.72. The van der Waals surface area contributed by atoms with Crippen molar-refractivity contribution in [3.63, 3.8) is 0 Å². The number of allylic oxidation sites excluding steroid dienone is 4. The Bertz CT molecular complexity index is 165. The molecule has 0 fully saturated rings. The maximum Gasteiger partial charge on any atom is -0.00924 e. The van der Waals surface area contributed by atoms with E-state index < -0.39 is 0 Å². The molecule has 0 aliphatic heterocycles. The van der Waals surface area contributed by atoms with Crippen LogP contribution in [-0.2, 0) is 0 Å². The second-order valence-corrected chi connectivity index (χ2v) is 2.25. The van der Waals surface area contributed by atoms with E-state index in [0.29, 0.717) is 0 Å². The van der Waals surface area contributed by atoms with Crippen LogP contribution in [0.4, 0.5) is 0 Å². The smallest absolute Gasteiger partial charge is 0.00924 e. The Balaban J connectivity index is 3.68. The average molecular weight is 134 g/mol. The quantitative estimate of drug-likeness (QED) is 0.411. The number of hydrogen-bond acceptors (Lipinski definition) is 0. The van der Waals surface area contributed by atoms with E-state index in [1.165, 1.54) is 6.42 Å². The lowest BCUT2D eigenvalue weighted by Crippen LogP contribution is -1.66. The van der Waals surface area contributed by atoms with Gasteiger partial charge in [-0.3, -0.25) is 0 Å². The summed E-state index contributed by atoms with van der Waals surface area (Å²) in [5, 5.41) is 0. The van der Waals surface area contributed by atoms with Crippen LogP contribution >= 0.6 is 0 Å². The molecule has 54 valence electrons. The molecule has 0 aromatic rings. The minimum atomic E-state index is 1.13. The van der Waals surface area contributed by atoms with Crippen LogP contribution in [0.15, 0.2) is 23.8 Å². The van der Waals surface area contributed by atoms with Crippen molar-refractivity contribution >= 4 is 0 Å². The SMILES string of the molecule is C#C/C=C(C)\C=C/CCC. The first-order valence-electron chi connectivity index (χ1n) is 3.60. The summed E-state index contributed by atoms with van der Waals surface area (Å²) in [6.07, 6.45) is 13.4. The van der Waals surface area contributed by atoms with E-state index in [4.69, 9.17) is 6.42 Å². The largest absolute Gasteiger partial charge is 0.115 e. The standard InChI is InChI=1S/C10H14/c1-4-6-7-9-10(3)8-5-2/h2,7-9H,4,6H2,1,3H3/b9-7-,10-8-. The molecule has 0 aliphatic rings. The Morgan fingerprint density at radius 3 is 2.80 bits per heavy atom. The Labute approximate surface area is 63.6 Å². The molecule has 0 aromatic carbocycles. The van der Waals surface area contributed by atoms with Crippen molar-refractivity contribution < 1.29 is 0 Å². The molecule has 0 rings (SSSR count). The molecule has 0 heteroatoms. The van der Waals surface area contributed by atoms with E-state index >= 15 is 0 Å². The van der Waals surface area contributed by atoms with Gasteiger partial charge in [0.2, 0.25) is 0 Å². The lowest BCUT2D eigenvalue weighted by molar-refractivity contribution is 0.957. The number of rotatable bonds is 3. The Morgan fingerprint density at radius 1 is 1.60 bits per heavy atom. The van der Waals surface area contributed by atoms with Gasteiger partial charge in [-0.05, 0) is 25.0 Å². The molecule has 0 nitrogen and oxygen atoms in total. The summed E-state index contributed by atoms with van der Waals surface area (Å²) >= 11 is 0. The molecule has 0 radical (unpaired) electrons. The van der Waals surface area contributed by atoms with Gasteiger partial charge in [-0.1, -0.05) is 31.4 Å². The average Bonchev–Trinajstić information content (AvgIpc) is 1.89. The number of terminal acetylenes is 1. The van der Waals surface area contributed by atoms with Gasteiger partial charge in [-0.25, -0.2) is 0 Å². The van der Waals surface area contributed by atoms with E-state index in [9.17, 15) is 0 Å². The third-order valence-corrected chi connectivity index (χ3v) is 1.15. The molecule has 0 aliphatic carbocycles. The van der Waals surface area contributed by atoms with Gasteiger partial charge in [-0.15, -0.1) is 6.42 Å². The third kappa shape index (κ3) is 5.18. The molecular weight excluding hydrogens is 120 g/mol. The molecule has 0 heterocycles. The second-order valence-electron chi connectivity index (χ2n) is 2.25. The molecule has 0 N–H and O–H groups in total. The van der Waals surface area contributed by atoms with Crippen LogP contribution in [0, 0.1) is 12.3 Å². The van der Waals surface area contributed by atoms with Crippen LogP contribution in [0.5, 0.6) is 0 Å². The maximum absolute atomic E-state index is 5.07. The highest BCUT2D eigenvalue weighted by Crippen LogP contribution is 1.96. The fourth-order valence-electron chi connectivity index (χ4n) is 0.615. The highest BCUT2D eigenvalue weighted by atomic mass is 13.8. The van der Waals surface area contributed by atoms with E-state index in [1.807, 2.05) is 6.92 Å². The van der Waals surface area contributed by atoms with Gasteiger partial charge in [0, 0.05) is 0 Å². The summed E-state index contributed by atoms with van der Waals surface area (Å²) in [4.78, 5) is 0. The molecule has 0 saturated heterocycles. The molecular formula is C10H14. The highest BCUT2D eigenvalue weighted by Gasteiger charge is 1.76. The Kier molecular flexibility index (Phi) is 5.57. The lowest BCUT2D eigenvalue weighted by atomic mass is 10.2. The number of unbranched alkanes of at least 4 members (excludes halogenated alkanes) is 1. The molecule has 0 unspecified atom stereocenters. The van der Waals surface area contributed by atoms with Crippen LogP contribution in [0.25, 0.3) is 0 Å². The van der Waals surface area contributed by atoms with Crippen LogP contribution in [0.1, 0.15) is 26.7 Å². The molecule has 0 aromatic heterocycles. The van der Waals surface area contributed by atoms with Gasteiger partial charge in [0.15, 0.2) is 0 Å². The summed E-state index contributed by atoms with van der Waals surface area (Å²) in [7, 11) is 0. The van der Waals surface area contributed by atoms with Crippen molar-refractivity contribution in [2.45, 2.75) is 26.7 Å². The first kappa shape index (κ1) is 9.04. The van der Waals surface area contributed by atoms with Crippen molar-refractivity contribution in [3.05, 3.63) is 23.8 Å². The predicted molar refractivity (Wildman–Crippen MR) is 46.6 cm³/mol. The van der Waals surface area contributed by atoms with Gasteiger partial charge in [0.25, 0.3) is 0 Å².